The molecule has 0 aliphatic carbocycles. The second-order valence-electron chi connectivity index (χ2n) is 4.05. The summed E-state index contributed by atoms with van der Waals surface area (Å²) in [7, 11) is 0. The maximum absolute atomic E-state index is 11.1. The van der Waals surface area contributed by atoms with Gasteiger partial charge in [0.15, 0.2) is 0 Å². The van der Waals surface area contributed by atoms with E-state index in [1.165, 1.54) is 0 Å². The van der Waals surface area contributed by atoms with Gasteiger partial charge in [-0.25, -0.2) is 4.98 Å². The maximum Gasteiger partial charge on any atom is 0.248 e. The van der Waals surface area contributed by atoms with Crippen molar-refractivity contribution in [2.24, 2.45) is 5.73 Å². The number of benzene rings is 2. The molecule has 88 valence electrons. The van der Waals surface area contributed by atoms with E-state index >= 15 is 0 Å². The molecule has 0 unspecified atom stereocenters. The van der Waals surface area contributed by atoms with Gasteiger partial charge >= 0.3 is 0 Å². The number of hydrogen-bond acceptors (Lipinski definition) is 2. The Balaban J connectivity index is 2.13. The van der Waals surface area contributed by atoms with E-state index in [2.05, 4.69) is 9.97 Å². The van der Waals surface area contributed by atoms with Gasteiger partial charge in [-0.1, -0.05) is 24.3 Å². The lowest BCUT2D eigenvalue weighted by atomic mass is 10.1. The van der Waals surface area contributed by atoms with E-state index < -0.39 is 5.91 Å². The van der Waals surface area contributed by atoms with Crippen LogP contribution in [-0.2, 0) is 0 Å². The van der Waals surface area contributed by atoms with Gasteiger partial charge in [-0.15, -0.1) is 0 Å². The predicted molar refractivity (Wildman–Crippen MR) is 70.0 cm³/mol. The monoisotopic (exact) mass is 237 g/mol. The van der Waals surface area contributed by atoms with Crippen LogP contribution in [0.4, 0.5) is 0 Å². The minimum Gasteiger partial charge on any atom is -0.366 e. The molecule has 0 radical (unpaired) electrons. The fourth-order valence-electron chi connectivity index (χ4n) is 1.91. The van der Waals surface area contributed by atoms with E-state index in [9.17, 15) is 4.79 Å². The smallest absolute Gasteiger partial charge is 0.248 e. The fraction of sp³-hybridized carbons (Fsp3) is 0. The summed E-state index contributed by atoms with van der Waals surface area (Å²) in [5.74, 6) is 0.298. The Morgan fingerprint density at radius 3 is 2.72 bits per heavy atom. The first-order valence-corrected chi connectivity index (χ1v) is 5.59. The molecule has 0 saturated carbocycles. The number of nitrogens with one attached hydrogen (secondary N) is 1. The van der Waals surface area contributed by atoms with Crippen molar-refractivity contribution in [3.05, 3.63) is 54.1 Å². The molecule has 0 saturated heterocycles. The number of H-pyrrole nitrogens is 1. The van der Waals surface area contributed by atoms with Crippen molar-refractivity contribution in [2.75, 3.05) is 0 Å². The van der Waals surface area contributed by atoms with Gasteiger partial charge in [0.2, 0.25) is 5.91 Å². The Bertz CT molecular complexity index is 697. The highest BCUT2D eigenvalue weighted by molar-refractivity contribution is 5.94. The minimum atomic E-state index is -0.437. The Labute approximate surface area is 103 Å². The summed E-state index contributed by atoms with van der Waals surface area (Å²) in [5, 5.41) is 0. The zero-order valence-corrected chi connectivity index (χ0v) is 9.55. The first-order chi connectivity index (χ1) is 8.74. The molecule has 0 spiro atoms. The minimum absolute atomic E-state index is 0.437. The van der Waals surface area contributed by atoms with Crippen molar-refractivity contribution < 1.29 is 4.79 Å². The van der Waals surface area contributed by atoms with E-state index in [4.69, 9.17) is 5.73 Å². The first-order valence-electron chi connectivity index (χ1n) is 5.59. The number of nitrogens with zero attached hydrogens (tertiary/aromatic N) is 1. The van der Waals surface area contributed by atoms with Crippen molar-refractivity contribution in [1.82, 2.24) is 9.97 Å². The molecular weight excluding hydrogens is 226 g/mol. The van der Waals surface area contributed by atoms with Crippen LogP contribution in [0.25, 0.3) is 22.4 Å². The molecule has 3 rings (SSSR count). The number of carbonyl (C=O) groups excluding carboxylic acids is 1. The Morgan fingerprint density at radius 1 is 1.11 bits per heavy atom. The number of aromatic nitrogens is 2. The molecular formula is C14H11N3O. The molecule has 0 fully saturated rings. The number of rotatable bonds is 2. The van der Waals surface area contributed by atoms with E-state index in [1.54, 1.807) is 18.2 Å². The highest BCUT2D eigenvalue weighted by Crippen LogP contribution is 2.20. The molecule has 0 aliphatic rings. The van der Waals surface area contributed by atoms with Crippen LogP contribution in [0.3, 0.4) is 0 Å². The summed E-state index contributed by atoms with van der Waals surface area (Å²) in [5.41, 5.74) is 8.46. The van der Waals surface area contributed by atoms with Crippen LogP contribution in [0.15, 0.2) is 48.5 Å². The zero-order chi connectivity index (χ0) is 12.5. The molecule has 2 aromatic carbocycles. The topological polar surface area (TPSA) is 71.8 Å². The van der Waals surface area contributed by atoms with Gasteiger partial charge in [-0.2, -0.15) is 0 Å². The number of amides is 1. The van der Waals surface area contributed by atoms with Gasteiger partial charge in [0, 0.05) is 11.1 Å². The molecule has 1 amide bonds. The standard InChI is InChI=1S/C14H11N3O/c15-13(18)9-4-3-5-10(8-9)14-16-11-6-1-2-7-12(11)17-14/h1-8H,(H2,15,18)(H,16,17). The Kier molecular flexibility index (Phi) is 2.34. The van der Waals surface area contributed by atoms with Gasteiger partial charge in [0.1, 0.15) is 5.82 Å². The van der Waals surface area contributed by atoms with E-state index in [0.717, 1.165) is 22.4 Å². The van der Waals surface area contributed by atoms with Crippen molar-refractivity contribution in [1.29, 1.82) is 0 Å². The molecule has 3 aromatic rings. The van der Waals surface area contributed by atoms with Crippen molar-refractivity contribution >= 4 is 16.9 Å². The van der Waals surface area contributed by atoms with Gasteiger partial charge in [0.05, 0.1) is 11.0 Å². The lowest BCUT2D eigenvalue weighted by Crippen LogP contribution is -2.10. The number of fused-ring (bicyclic) bond motifs is 1. The molecule has 18 heavy (non-hydrogen) atoms. The quantitative estimate of drug-likeness (QED) is 0.718. The van der Waals surface area contributed by atoms with Gasteiger partial charge in [-0.3, -0.25) is 4.79 Å². The van der Waals surface area contributed by atoms with Crippen LogP contribution >= 0.6 is 0 Å². The van der Waals surface area contributed by atoms with E-state index in [-0.39, 0.29) is 0 Å². The van der Waals surface area contributed by atoms with E-state index in [1.807, 2.05) is 30.3 Å². The van der Waals surface area contributed by atoms with Crippen LogP contribution in [0.5, 0.6) is 0 Å². The largest absolute Gasteiger partial charge is 0.366 e. The summed E-state index contributed by atoms with van der Waals surface area (Å²) in [4.78, 5) is 18.8. The summed E-state index contributed by atoms with van der Waals surface area (Å²) >= 11 is 0. The van der Waals surface area contributed by atoms with Crippen LogP contribution in [0, 0.1) is 0 Å². The van der Waals surface area contributed by atoms with Gasteiger partial charge < -0.3 is 10.7 Å². The molecule has 0 atom stereocenters. The Hall–Kier alpha value is -2.62. The van der Waals surface area contributed by atoms with Crippen molar-refractivity contribution in [2.45, 2.75) is 0 Å². The first kappa shape index (κ1) is 10.5. The summed E-state index contributed by atoms with van der Waals surface area (Å²) in [6.45, 7) is 0. The summed E-state index contributed by atoms with van der Waals surface area (Å²) in [6, 6.07) is 14.9. The molecule has 3 N–H and O–H groups in total. The molecule has 4 heteroatoms. The maximum atomic E-state index is 11.1. The number of carbonyl (C=O) groups is 1. The van der Waals surface area contributed by atoms with Crippen LogP contribution < -0.4 is 5.73 Å². The highest BCUT2D eigenvalue weighted by atomic mass is 16.1. The third-order valence-electron chi connectivity index (χ3n) is 2.81. The van der Waals surface area contributed by atoms with Crippen molar-refractivity contribution in [3.8, 4) is 11.4 Å². The molecule has 4 nitrogen and oxygen atoms in total. The van der Waals surface area contributed by atoms with Crippen LogP contribution in [0.2, 0.25) is 0 Å². The van der Waals surface area contributed by atoms with Crippen LogP contribution in [-0.4, -0.2) is 15.9 Å². The molecule has 0 aliphatic heterocycles. The number of aromatic amines is 1. The van der Waals surface area contributed by atoms with E-state index in [0.29, 0.717) is 5.56 Å². The third-order valence-corrected chi connectivity index (χ3v) is 2.81. The summed E-state index contributed by atoms with van der Waals surface area (Å²) < 4.78 is 0. The lowest BCUT2D eigenvalue weighted by molar-refractivity contribution is 0.100. The average molecular weight is 237 g/mol. The second kappa shape index (κ2) is 4.00. The zero-order valence-electron chi connectivity index (χ0n) is 9.55. The molecule has 0 bridgehead atoms. The second-order valence-corrected chi connectivity index (χ2v) is 4.05. The average Bonchev–Trinajstić information content (AvgIpc) is 2.82. The lowest BCUT2D eigenvalue weighted by Gasteiger charge is -1.99. The summed E-state index contributed by atoms with van der Waals surface area (Å²) in [6.07, 6.45) is 0. The number of imidazole rings is 1. The number of hydrogen-bond donors (Lipinski definition) is 2. The third kappa shape index (κ3) is 1.73. The van der Waals surface area contributed by atoms with Crippen molar-refractivity contribution in [3.63, 3.8) is 0 Å². The van der Waals surface area contributed by atoms with Gasteiger partial charge in [0.25, 0.3) is 0 Å². The Morgan fingerprint density at radius 2 is 1.94 bits per heavy atom. The molecule has 1 heterocycles. The highest BCUT2D eigenvalue weighted by Gasteiger charge is 2.07. The van der Waals surface area contributed by atoms with Gasteiger partial charge in [-0.05, 0) is 24.3 Å². The number of nitrogens with two attached hydrogens (primary N) is 1. The molecule has 1 aromatic heterocycles. The fourth-order valence-corrected chi connectivity index (χ4v) is 1.91. The predicted octanol–water partition coefficient (Wildman–Crippen LogP) is 2.33. The normalized spacial score (nSPS) is 10.7. The SMILES string of the molecule is NC(=O)c1cccc(-c2nc3ccccc3[nH]2)c1. The number of primary amides is 1. The van der Waals surface area contributed by atoms with Crippen LogP contribution in [0.1, 0.15) is 10.4 Å². The number of para-hydroxylation sites is 2.